The van der Waals surface area contributed by atoms with Crippen LogP contribution in [0.4, 0.5) is 0 Å². The molecule has 0 aromatic heterocycles. The second-order valence-electron chi connectivity index (χ2n) is 3.90. The molecule has 0 amide bonds. The summed E-state index contributed by atoms with van der Waals surface area (Å²) in [7, 11) is 3.12. The van der Waals surface area contributed by atoms with Crippen LogP contribution in [0.3, 0.4) is 0 Å². The Balaban J connectivity index is 2.40. The van der Waals surface area contributed by atoms with Gasteiger partial charge in [0.15, 0.2) is 5.78 Å². The highest BCUT2D eigenvalue weighted by Crippen LogP contribution is 2.26. The van der Waals surface area contributed by atoms with Gasteiger partial charge in [0, 0.05) is 15.2 Å². The molecule has 0 aliphatic rings. The molecule has 0 radical (unpaired) electrons. The molecule has 0 unspecified atom stereocenters. The van der Waals surface area contributed by atoms with Crippen molar-refractivity contribution in [3.63, 3.8) is 0 Å². The topological polar surface area (TPSA) is 35.5 Å². The molecule has 19 heavy (non-hydrogen) atoms. The third-order valence-corrected chi connectivity index (χ3v) is 3.48. The molecule has 3 nitrogen and oxygen atoms in total. The van der Waals surface area contributed by atoms with E-state index in [9.17, 15) is 4.79 Å². The van der Waals surface area contributed by atoms with Crippen LogP contribution in [-0.2, 0) is 0 Å². The van der Waals surface area contributed by atoms with Gasteiger partial charge in [-0.15, -0.1) is 0 Å². The highest BCUT2D eigenvalue weighted by Gasteiger charge is 2.15. The molecule has 0 saturated heterocycles. The first-order valence-corrected chi connectivity index (χ1v) is 6.76. The SMILES string of the molecule is COc1ccc(C(=O)c2ccc(I)cc2)c(OC)c1. The molecule has 0 atom stereocenters. The number of hydrogen-bond donors (Lipinski definition) is 0. The van der Waals surface area contributed by atoms with Gasteiger partial charge in [-0.25, -0.2) is 0 Å². The number of carbonyl (C=O) groups is 1. The first-order valence-electron chi connectivity index (χ1n) is 5.68. The molecule has 2 rings (SSSR count). The molecule has 2 aromatic rings. The lowest BCUT2D eigenvalue weighted by atomic mass is 10.0. The lowest BCUT2D eigenvalue weighted by Crippen LogP contribution is -2.04. The van der Waals surface area contributed by atoms with Gasteiger partial charge in [0.1, 0.15) is 11.5 Å². The first kappa shape index (κ1) is 13.9. The molecule has 0 bridgehead atoms. The summed E-state index contributed by atoms with van der Waals surface area (Å²) >= 11 is 2.21. The van der Waals surface area contributed by atoms with Crippen molar-refractivity contribution in [3.8, 4) is 11.5 Å². The van der Waals surface area contributed by atoms with Crippen LogP contribution < -0.4 is 9.47 Å². The maximum atomic E-state index is 12.4. The average Bonchev–Trinajstić information content (AvgIpc) is 2.46. The number of benzene rings is 2. The number of methoxy groups -OCH3 is 2. The molecule has 2 aromatic carbocycles. The monoisotopic (exact) mass is 368 g/mol. The maximum Gasteiger partial charge on any atom is 0.196 e. The van der Waals surface area contributed by atoms with E-state index in [4.69, 9.17) is 9.47 Å². The molecular weight excluding hydrogens is 355 g/mol. The van der Waals surface area contributed by atoms with Crippen LogP contribution in [0.15, 0.2) is 42.5 Å². The van der Waals surface area contributed by atoms with Crippen LogP contribution in [-0.4, -0.2) is 20.0 Å². The Kier molecular flexibility index (Phi) is 4.42. The summed E-state index contributed by atoms with van der Waals surface area (Å²) in [6, 6.07) is 12.6. The van der Waals surface area contributed by atoms with E-state index in [0.29, 0.717) is 22.6 Å². The summed E-state index contributed by atoms with van der Waals surface area (Å²) in [5.74, 6) is 1.12. The lowest BCUT2D eigenvalue weighted by molar-refractivity contribution is 0.103. The number of halogens is 1. The molecule has 0 heterocycles. The van der Waals surface area contributed by atoms with Crippen molar-refractivity contribution >= 4 is 28.4 Å². The van der Waals surface area contributed by atoms with Crippen LogP contribution >= 0.6 is 22.6 Å². The van der Waals surface area contributed by atoms with Gasteiger partial charge in [-0.05, 0) is 59.0 Å². The van der Waals surface area contributed by atoms with Gasteiger partial charge in [0.25, 0.3) is 0 Å². The van der Waals surface area contributed by atoms with E-state index >= 15 is 0 Å². The number of ketones is 1. The Bertz CT molecular complexity index is 591. The van der Waals surface area contributed by atoms with Gasteiger partial charge in [0.2, 0.25) is 0 Å². The van der Waals surface area contributed by atoms with E-state index in [2.05, 4.69) is 22.6 Å². The zero-order valence-corrected chi connectivity index (χ0v) is 12.8. The minimum absolute atomic E-state index is 0.0593. The molecular formula is C15H13IO3. The molecule has 0 fully saturated rings. The van der Waals surface area contributed by atoms with Crippen molar-refractivity contribution < 1.29 is 14.3 Å². The Hall–Kier alpha value is -1.56. The molecule has 4 heteroatoms. The van der Waals surface area contributed by atoms with Crippen molar-refractivity contribution in [2.45, 2.75) is 0 Å². The van der Waals surface area contributed by atoms with Gasteiger partial charge in [-0.1, -0.05) is 0 Å². The second-order valence-corrected chi connectivity index (χ2v) is 5.15. The van der Waals surface area contributed by atoms with Crippen molar-refractivity contribution in [1.29, 1.82) is 0 Å². The summed E-state index contributed by atoms with van der Waals surface area (Å²) in [6.45, 7) is 0. The fourth-order valence-corrected chi connectivity index (χ4v) is 2.10. The number of rotatable bonds is 4. The van der Waals surface area contributed by atoms with E-state index in [-0.39, 0.29) is 5.78 Å². The van der Waals surface area contributed by atoms with E-state index in [1.807, 2.05) is 24.3 Å². The zero-order chi connectivity index (χ0) is 13.8. The number of ether oxygens (including phenoxy) is 2. The standard InChI is InChI=1S/C15H13IO3/c1-18-12-7-8-13(14(9-12)19-2)15(17)10-3-5-11(16)6-4-10/h3-9H,1-2H3. The maximum absolute atomic E-state index is 12.4. The van der Waals surface area contributed by atoms with Crippen molar-refractivity contribution in [2.75, 3.05) is 14.2 Å². The highest BCUT2D eigenvalue weighted by molar-refractivity contribution is 14.1. The Morgan fingerprint density at radius 3 is 2.26 bits per heavy atom. The Morgan fingerprint density at radius 1 is 1.00 bits per heavy atom. The van der Waals surface area contributed by atoms with Crippen molar-refractivity contribution in [1.82, 2.24) is 0 Å². The van der Waals surface area contributed by atoms with Crippen LogP contribution in [0.1, 0.15) is 15.9 Å². The molecule has 0 N–H and O–H groups in total. The fourth-order valence-electron chi connectivity index (χ4n) is 1.74. The third kappa shape index (κ3) is 3.07. The normalized spacial score (nSPS) is 10.1. The summed E-state index contributed by atoms with van der Waals surface area (Å²) in [5.41, 5.74) is 1.17. The summed E-state index contributed by atoms with van der Waals surface area (Å²) < 4.78 is 11.5. The Labute approximate surface area is 125 Å². The molecule has 0 aliphatic carbocycles. The van der Waals surface area contributed by atoms with Crippen LogP contribution in [0.2, 0.25) is 0 Å². The number of carbonyl (C=O) groups excluding carboxylic acids is 1. The summed E-state index contributed by atoms with van der Waals surface area (Å²) in [6.07, 6.45) is 0. The fraction of sp³-hybridized carbons (Fsp3) is 0.133. The molecule has 0 saturated carbocycles. The van der Waals surface area contributed by atoms with E-state index in [1.54, 1.807) is 32.4 Å². The number of hydrogen-bond acceptors (Lipinski definition) is 3. The quantitative estimate of drug-likeness (QED) is 0.612. The first-order chi connectivity index (χ1) is 9.15. The van der Waals surface area contributed by atoms with Gasteiger partial charge in [-0.2, -0.15) is 0 Å². The summed E-state index contributed by atoms with van der Waals surface area (Å²) in [4.78, 5) is 12.4. The van der Waals surface area contributed by atoms with Gasteiger partial charge in [0.05, 0.1) is 19.8 Å². The zero-order valence-electron chi connectivity index (χ0n) is 10.6. The van der Waals surface area contributed by atoms with Crippen LogP contribution in [0, 0.1) is 3.57 Å². The van der Waals surface area contributed by atoms with Gasteiger partial charge in [-0.3, -0.25) is 4.79 Å². The smallest absolute Gasteiger partial charge is 0.196 e. The minimum atomic E-state index is -0.0593. The van der Waals surface area contributed by atoms with Crippen LogP contribution in [0.25, 0.3) is 0 Å². The van der Waals surface area contributed by atoms with E-state index in [1.165, 1.54) is 0 Å². The van der Waals surface area contributed by atoms with Crippen LogP contribution in [0.5, 0.6) is 11.5 Å². The van der Waals surface area contributed by atoms with Gasteiger partial charge >= 0.3 is 0 Å². The lowest BCUT2D eigenvalue weighted by Gasteiger charge is -2.09. The highest BCUT2D eigenvalue weighted by atomic mass is 127. The largest absolute Gasteiger partial charge is 0.497 e. The predicted octanol–water partition coefficient (Wildman–Crippen LogP) is 3.54. The Morgan fingerprint density at radius 2 is 1.68 bits per heavy atom. The van der Waals surface area contributed by atoms with Gasteiger partial charge < -0.3 is 9.47 Å². The summed E-state index contributed by atoms with van der Waals surface area (Å²) in [5, 5.41) is 0. The predicted molar refractivity (Wildman–Crippen MR) is 82.1 cm³/mol. The third-order valence-electron chi connectivity index (χ3n) is 2.76. The molecule has 98 valence electrons. The second kappa shape index (κ2) is 6.06. The van der Waals surface area contributed by atoms with Crippen molar-refractivity contribution in [2.24, 2.45) is 0 Å². The molecule has 0 spiro atoms. The molecule has 0 aliphatic heterocycles. The minimum Gasteiger partial charge on any atom is -0.497 e. The average molecular weight is 368 g/mol. The van der Waals surface area contributed by atoms with E-state index in [0.717, 1.165) is 3.57 Å². The van der Waals surface area contributed by atoms with Crippen molar-refractivity contribution in [3.05, 3.63) is 57.2 Å². The van der Waals surface area contributed by atoms with E-state index < -0.39 is 0 Å².